The largest absolute Gasteiger partial charge is 0.458 e. The summed E-state index contributed by atoms with van der Waals surface area (Å²) in [6, 6.07) is 0.787. The third kappa shape index (κ3) is 2.10. The molecule has 0 bridgehead atoms. The zero-order valence-electron chi connectivity index (χ0n) is 7.55. The summed E-state index contributed by atoms with van der Waals surface area (Å²) in [5.41, 5.74) is 2.68. The zero-order valence-corrected chi connectivity index (χ0v) is 7.55. The van der Waals surface area contributed by atoms with Crippen LogP contribution in [0.25, 0.3) is 0 Å². The standard InChI is InChI=1S/C8H5F5N2O/c9-7(10,8(11,12)13)4-1-2-15-5(3-4)6(14)16/h1-3H,(H2,14,16). The lowest BCUT2D eigenvalue weighted by atomic mass is 10.1. The van der Waals surface area contributed by atoms with E-state index in [1.54, 1.807) is 0 Å². The van der Waals surface area contributed by atoms with Crippen LogP contribution in [0, 0.1) is 0 Å². The highest BCUT2D eigenvalue weighted by atomic mass is 19.4. The quantitative estimate of drug-likeness (QED) is 0.802. The van der Waals surface area contributed by atoms with Crippen LogP contribution < -0.4 is 5.73 Å². The van der Waals surface area contributed by atoms with Gasteiger partial charge in [-0.3, -0.25) is 9.78 Å². The maximum absolute atomic E-state index is 12.8. The molecule has 1 heterocycles. The van der Waals surface area contributed by atoms with E-state index >= 15 is 0 Å². The molecular formula is C8H5F5N2O. The Bertz CT molecular complexity index is 415. The molecule has 2 N–H and O–H groups in total. The maximum Gasteiger partial charge on any atom is 0.458 e. The number of primary amides is 1. The van der Waals surface area contributed by atoms with E-state index in [-0.39, 0.29) is 0 Å². The van der Waals surface area contributed by atoms with Crippen LogP contribution >= 0.6 is 0 Å². The van der Waals surface area contributed by atoms with Crippen LogP contribution in [0.1, 0.15) is 16.1 Å². The Morgan fingerprint density at radius 2 is 1.81 bits per heavy atom. The molecule has 3 nitrogen and oxygen atoms in total. The molecule has 0 saturated heterocycles. The van der Waals surface area contributed by atoms with E-state index in [1.807, 2.05) is 0 Å². The normalized spacial score (nSPS) is 12.6. The van der Waals surface area contributed by atoms with Crippen molar-refractivity contribution in [3.63, 3.8) is 0 Å². The topological polar surface area (TPSA) is 56.0 Å². The molecule has 16 heavy (non-hydrogen) atoms. The summed E-state index contributed by atoms with van der Waals surface area (Å²) in [4.78, 5) is 13.8. The summed E-state index contributed by atoms with van der Waals surface area (Å²) < 4.78 is 61.5. The van der Waals surface area contributed by atoms with Crippen LogP contribution in [0.15, 0.2) is 18.3 Å². The van der Waals surface area contributed by atoms with Gasteiger partial charge in [0.05, 0.1) is 0 Å². The van der Waals surface area contributed by atoms with Gasteiger partial charge in [-0.15, -0.1) is 0 Å². The fourth-order valence-corrected chi connectivity index (χ4v) is 0.924. The lowest BCUT2D eigenvalue weighted by Crippen LogP contribution is -2.34. The molecule has 0 spiro atoms. The van der Waals surface area contributed by atoms with E-state index < -0.39 is 29.3 Å². The van der Waals surface area contributed by atoms with Crippen LogP contribution in [0.2, 0.25) is 0 Å². The molecule has 0 saturated carbocycles. The van der Waals surface area contributed by atoms with Gasteiger partial charge in [0.15, 0.2) is 0 Å². The maximum atomic E-state index is 12.8. The minimum atomic E-state index is -5.73. The van der Waals surface area contributed by atoms with Gasteiger partial charge in [-0.1, -0.05) is 0 Å². The number of alkyl halides is 5. The van der Waals surface area contributed by atoms with E-state index in [0.29, 0.717) is 18.3 Å². The van der Waals surface area contributed by atoms with Crippen molar-refractivity contribution < 1.29 is 26.7 Å². The Balaban J connectivity index is 3.24. The van der Waals surface area contributed by atoms with Crippen molar-refractivity contribution in [2.45, 2.75) is 12.1 Å². The minimum absolute atomic E-state index is 0.315. The second kappa shape index (κ2) is 3.69. The van der Waals surface area contributed by atoms with Crippen molar-refractivity contribution in [3.8, 4) is 0 Å². The first-order chi connectivity index (χ1) is 7.16. The summed E-state index contributed by atoms with van der Waals surface area (Å²) >= 11 is 0. The molecule has 1 rings (SSSR count). The first kappa shape index (κ1) is 12.3. The first-order valence-electron chi connectivity index (χ1n) is 3.87. The average molecular weight is 240 g/mol. The molecule has 0 radical (unpaired) electrons. The summed E-state index contributed by atoms with van der Waals surface area (Å²) in [6.07, 6.45) is -5.07. The highest BCUT2D eigenvalue weighted by molar-refractivity contribution is 5.90. The van der Waals surface area contributed by atoms with E-state index in [2.05, 4.69) is 4.98 Å². The molecule has 0 unspecified atom stereocenters. The molecular weight excluding hydrogens is 235 g/mol. The van der Waals surface area contributed by atoms with Gasteiger partial charge in [-0.2, -0.15) is 22.0 Å². The van der Waals surface area contributed by atoms with Gasteiger partial charge in [0.2, 0.25) is 0 Å². The van der Waals surface area contributed by atoms with Gasteiger partial charge in [-0.05, 0) is 12.1 Å². The SMILES string of the molecule is NC(=O)c1cc(C(F)(F)C(F)(F)F)ccn1. The number of carbonyl (C=O) groups excluding carboxylic acids is 1. The molecule has 1 aromatic heterocycles. The number of carbonyl (C=O) groups is 1. The molecule has 1 amide bonds. The number of halogens is 5. The number of pyridine rings is 1. The van der Waals surface area contributed by atoms with Gasteiger partial charge in [-0.25, -0.2) is 0 Å². The number of amides is 1. The number of rotatable bonds is 2. The number of nitrogens with two attached hydrogens (primary N) is 1. The van der Waals surface area contributed by atoms with Gasteiger partial charge in [0.1, 0.15) is 5.69 Å². The molecule has 0 aliphatic rings. The van der Waals surface area contributed by atoms with Crippen molar-refractivity contribution in [1.82, 2.24) is 4.98 Å². The summed E-state index contributed by atoms with van der Waals surface area (Å²) in [6.45, 7) is 0. The molecule has 0 fully saturated rings. The molecule has 0 atom stereocenters. The summed E-state index contributed by atoms with van der Waals surface area (Å²) in [5, 5.41) is 0. The highest BCUT2D eigenvalue weighted by Gasteiger charge is 2.58. The number of aromatic nitrogens is 1. The van der Waals surface area contributed by atoms with Crippen LogP contribution in [0.4, 0.5) is 22.0 Å². The third-order valence-electron chi connectivity index (χ3n) is 1.73. The van der Waals surface area contributed by atoms with E-state index in [4.69, 9.17) is 5.73 Å². The van der Waals surface area contributed by atoms with Crippen LogP contribution in [0.3, 0.4) is 0 Å². The monoisotopic (exact) mass is 240 g/mol. The van der Waals surface area contributed by atoms with Crippen molar-refractivity contribution >= 4 is 5.91 Å². The van der Waals surface area contributed by atoms with E-state index in [0.717, 1.165) is 0 Å². The van der Waals surface area contributed by atoms with Crippen molar-refractivity contribution in [3.05, 3.63) is 29.6 Å². The van der Waals surface area contributed by atoms with E-state index in [9.17, 15) is 26.7 Å². The van der Waals surface area contributed by atoms with Crippen LogP contribution in [-0.4, -0.2) is 17.1 Å². The van der Waals surface area contributed by atoms with Gasteiger partial charge >= 0.3 is 12.1 Å². The van der Waals surface area contributed by atoms with Crippen molar-refractivity contribution in [1.29, 1.82) is 0 Å². The summed E-state index contributed by atoms with van der Waals surface area (Å²) in [5.74, 6) is -6.22. The molecule has 88 valence electrons. The fourth-order valence-electron chi connectivity index (χ4n) is 0.924. The average Bonchev–Trinajstić information content (AvgIpc) is 2.16. The third-order valence-corrected chi connectivity index (χ3v) is 1.73. The molecule has 8 heteroatoms. The Morgan fingerprint density at radius 1 is 1.25 bits per heavy atom. The second-order valence-electron chi connectivity index (χ2n) is 2.87. The first-order valence-corrected chi connectivity index (χ1v) is 3.87. The lowest BCUT2D eigenvalue weighted by molar-refractivity contribution is -0.289. The van der Waals surface area contributed by atoms with Crippen LogP contribution in [0.5, 0.6) is 0 Å². The Kier molecular flexibility index (Phi) is 2.85. The van der Waals surface area contributed by atoms with Crippen molar-refractivity contribution in [2.24, 2.45) is 5.73 Å². The van der Waals surface area contributed by atoms with Crippen LogP contribution in [-0.2, 0) is 5.92 Å². The fraction of sp³-hybridized carbons (Fsp3) is 0.250. The predicted molar refractivity (Wildman–Crippen MR) is 42.7 cm³/mol. The molecule has 1 aromatic rings. The van der Waals surface area contributed by atoms with Gasteiger partial charge < -0.3 is 5.73 Å². The summed E-state index contributed by atoms with van der Waals surface area (Å²) in [7, 11) is 0. The second-order valence-corrected chi connectivity index (χ2v) is 2.87. The molecule has 0 aromatic carbocycles. The van der Waals surface area contributed by atoms with Gasteiger partial charge in [0.25, 0.3) is 5.91 Å². The Labute approximate surface area is 86.1 Å². The Morgan fingerprint density at radius 3 is 2.25 bits per heavy atom. The number of hydrogen-bond acceptors (Lipinski definition) is 2. The molecule has 0 aliphatic carbocycles. The molecule has 0 aliphatic heterocycles. The number of hydrogen-bond donors (Lipinski definition) is 1. The smallest absolute Gasteiger partial charge is 0.364 e. The predicted octanol–water partition coefficient (Wildman–Crippen LogP) is 1.83. The zero-order chi connectivity index (χ0) is 12.6. The minimum Gasteiger partial charge on any atom is -0.364 e. The lowest BCUT2D eigenvalue weighted by Gasteiger charge is -2.19. The van der Waals surface area contributed by atoms with Gasteiger partial charge in [0, 0.05) is 11.8 Å². The highest BCUT2D eigenvalue weighted by Crippen LogP contribution is 2.43. The van der Waals surface area contributed by atoms with E-state index in [1.165, 1.54) is 0 Å². The van der Waals surface area contributed by atoms with Crippen molar-refractivity contribution in [2.75, 3.05) is 0 Å². The number of nitrogens with zero attached hydrogens (tertiary/aromatic N) is 1. The Hall–Kier alpha value is -1.73.